The number of aromatic nitrogens is 5. The normalized spacial score (nSPS) is 11.0. The number of aromatic amines is 1. The van der Waals surface area contributed by atoms with E-state index in [4.69, 9.17) is 5.11 Å². The summed E-state index contributed by atoms with van der Waals surface area (Å²) in [7, 11) is 0. The Hall–Kier alpha value is -3.48. The predicted molar refractivity (Wildman–Crippen MR) is 92.4 cm³/mol. The Bertz CT molecular complexity index is 1050. The van der Waals surface area contributed by atoms with Gasteiger partial charge in [0.25, 0.3) is 0 Å². The maximum absolute atomic E-state index is 10.7. The van der Waals surface area contributed by atoms with Crippen LogP contribution in [0.2, 0.25) is 0 Å². The third-order valence-corrected chi connectivity index (χ3v) is 4.01. The second-order valence-electron chi connectivity index (χ2n) is 5.73. The van der Waals surface area contributed by atoms with Gasteiger partial charge in [0.1, 0.15) is 11.4 Å². The van der Waals surface area contributed by atoms with Crippen molar-refractivity contribution in [3.05, 3.63) is 60.3 Å². The zero-order valence-electron chi connectivity index (χ0n) is 13.3. The maximum atomic E-state index is 10.7. The molecule has 0 unspecified atom stereocenters. The zero-order valence-corrected chi connectivity index (χ0v) is 13.3. The molecule has 2 aromatic heterocycles. The molecule has 2 heterocycles. The fraction of sp³-hybridized carbons (Fsp3) is 0.111. The standard InChI is InChI=1S/C18H15N5O2/c24-17(25)9-8-12-4-3-5-13(10-12)23-11-16(20-22-23)18-14-6-1-2-7-15(14)19-21-18/h1-7,10-11H,8-9H2,(H,19,21)(H,24,25). The summed E-state index contributed by atoms with van der Waals surface area (Å²) in [4.78, 5) is 10.7. The molecule has 25 heavy (non-hydrogen) atoms. The summed E-state index contributed by atoms with van der Waals surface area (Å²) in [6.45, 7) is 0. The minimum absolute atomic E-state index is 0.102. The number of H-pyrrole nitrogens is 1. The fourth-order valence-corrected chi connectivity index (χ4v) is 2.76. The molecular formula is C18H15N5O2. The molecule has 0 aliphatic heterocycles. The van der Waals surface area contributed by atoms with Gasteiger partial charge in [-0.3, -0.25) is 9.89 Å². The van der Waals surface area contributed by atoms with Crippen LogP contribution in [0.1, 0.15) is 12.0 Å². The van der Waals surface area contributed by atoms with Crippen LogP contribution in [0.25, 0.3) is 28.0 Å². The van der Waals surface area contributed by atoms with Crippen molar-refractivity contribution in [2.45, 2.75) is 12.8 Å². The van der Waals surface area contributed by atoms with Crippen molar-refractivity contribution >= 4 is 16.9 Å². The van der Waals surface area contributed by atoms with Gasteiger partial charge in [-0.2, -0.15) is 5.10 Å². The van der Waals surface area contributed by atoms with Crippen molar-refractivity contribution in [1.29, 1.82) is 0 Å². The van der Waals surface area contributed by atoms with E-state index in [0.29, 0.717) is 12.1 Å². The topological polar surface area (TPSA) is 96.7 Å². The lowest BCUT2D eigenvalue weighted by Crippen LogP contribution is -1.99. The number of para-hydroxylation sites is 1. The number of nitrogens with zero attached hydrogens (tertiary/aromatic N) is 4. The number of hydrogen-bond donors (Lipinski definition) is 2. The van der Waals surface area contributed by atoms with Crippen molar-refractivity contribution < 1.29 is 9.90 Å². The highest BCUT2D eigenvalue weighted by Gasteiger charge is 2.12. The van der Waals surface area contributed by atoms with Crippen molar-refractivity contribution in [3.63, 3.8) is 0 Å². The molecule has 0 amide bonds. The van der Waals surface area contributed by atoms with E-state index in [1.54, 1.807) is 4.68 Å². The number of rotatable bonds is 5. The van der Waals surface area contributed by atoms with Gasteiger partial charge in [0, 0.05) is 11.8 Å². The fourth-order valence-electron chi connectivity index (χ4n) is 2.76. The molecule has 0 aliphatic rings. The van der Waals surface area contributed by atoms with Gasteiger partial charge in [0.05, 0.1) is 17.4 Å². The Morgan fingerprint density at radius 2 is 2.04 bits per heavy atom. The van der Waals surface area contributed by atoms with E-state index < -0.39 is 5.97 Å². The number of carboxylic acid groups (broad SMARTS) is 1. The quantitative estimate of drug-likeness (QED) is 0.585. The van der Waals surface area contributed by atoms with Gasteiger partial charge in [0.15, 0.2) is 0 Å². The van der Waals surface area contributed by atoms with E-state index in [2.05, 4.69) is 20.5 Å². The van der Waals surface area contributed by atoms with E-state index >= 15 is 0 Å². The van der Waals surface area contributed by atoms with Gasteiger partial charge in [-0.15, -0.1) is 5.10 Å². The molecule has 4 rings (SSSR count). The number of carboxylic acids is 1. The molecule has 2 N–H and O–H groups in total. The second kappa shape index (κ2) is 6.20. The smallest absolute Gasteiger partial charge is 0.303 e. The molecule has 124 valence electrons. The first kappa shape index (κ1) is 15.1. The highest BCUT2D eigenvalue weighted by atomic mass is 16.4. The third-order valence-electron chi connectivity index (χ3n) is 4.01. The number of benzene rings is 2. The lowest BCUT2D eigenvalue weighted by atomic mass is 10.1. The number of fused-ring (bicyclic) bond motifs is 1. The summed E-state index contributed by atoms with van der Waals surface area (Å²) in [5, 5.41) is 25.5. The molecule has 4 aromatic rings. The Labute approximate surface area is 142 Å². The van der Waals surface area contributed by atoms with Crippen LogP contribution in [0.4, 0.5) is 0 Å². The summed E-state index contributed by atoms with van der Waals surface area (Å²) in [5.74, 6) is -0.807. The van der Waals surface area contributed by atoms with Crippen LogP contribution in [-0.2, 0) is 11.2 Å². The van der Waals surface area contributed by atoms with Crippen LogP contribution in [0.5, 0.6) is 0 Å². The molecule has 0 saturated heterocycles. The molecule has 0 saturated carbocycles. The first-order chi connectivity index (χ1) is 12.2. The highest BCUT2D eigenvalue weighted by Crippen LogP contribution is 2.24. The summed E-state index contributed by atoms with van der Waals surface area (Å²) in [6, 6.07) is 15.5. The summed E-state index contributed by atoms with van der Waals surface area (Å²) >= 11 is 0. The number of aliphatic carboxylic acids is 1. The molecule has 7 nitrogen and oxygen atoms in total. The van der Waals surface area contributed by atoms with Crippen LogP contribution < -0.4 is 0 Å². The van der Waals surface area contributed by atoms with Crippen LogP contribution in [0, 0.1) is 0 Å². The largest absolute Gasteiger partial charge is 0.481 e. The van der Waals surface area contributed by atoms with Crippen LogP contribution in [0.3, 0.4) is 0 Å². The van der Waals surface area contributed by atoms with Crippen LogP contribution in [0.15, 0.2) is 54.7 Å². The Balaban J connectivity index is 1.65. The summed E-state index contributed by atoms with van der Waals surface area (Å²) in [5.41, 5.74) is 4.16. The van der Waals surface area contributed by atoms with E-state index in [1.807, 2.05) is 54.7 Å². The van der Waals surface area contributed by atoms with Gasteiger partial charge in [-0.25, -0.2) is 4.68 Å². The average Bonchev–Trinajstić information content (AvgIpc) is 3.27. The summed E-state index contributed by atoms with van der Waals surface area (Å²) in [6.07, 6.45) is 2.40. The number of aryl methyl sites for hydroxylation is 1. The van der Waals surface area contributed by atoms with Gasteiger partial charge in [0.2, 0.25) is 0 Å². The molecular weight excluding hydrogens is 318 g/mol. The van der Waals surface area contributed by atoms with Crippen molar-refractivity contribution in [2.75, 3.05) is 0 Å². The van der Waals surface area contributed by atoms with E-state index in [-0.39, 0.29) is 6.42 Å². The minimum Gasteiger partial charge on any atom is -0.481 e. The van der Waals surface area contributed by atoms with E-state index in [1.165, 1.54) is 0 Å². The Kier molecular flexibility index (Phi) is 3.74. The van der Waals surface area contributed by atoms with Crippen molar-refractivity contribution in [2.24, 2.45) is 0 Å². The van der Waals surface area contributed by atoms with Gasteiger partial charge in [-0.1, -0.05) is 35.5 Å². The highest BCUT2D eigenvalue weighted by molar-refractivity contribution is 5.91. The molecule has 0 bridgehead atoms. The zero-order chi connectivity index (χ0) is 17.2. The maximum Gasteiger partial charge on any atom is 0.303 e. The monoisotopic (exact) mass is 333 g/mol. The first-order valence-electron chi connectivity index (χ1n) is 7.87. The number of carbonyl (C=O) groups is 1. The average molecular weight is 333 g/mol. The third kappa shape index (κ3) is 2.99. The van der Waals surface area contributed by atoms with E-state index in [9.17, 15) is 4.79 Å². The van der Waals surface area contributed by atoms with Gasteiger partial charge < -0.3 is 5.11 Å². The van der Waals surface area contributed by atoms with Crippen molar-refractivity contribution in [3.8, 4) is 17.1 Å². The van der Waals surface area contributed by atoms with Gasteiger partial charge in [-0.05, 0) is 30.2 Å². The van der Waals surface area contributed by atoms with E-state index in [0.717, 1.165) is 27.8 Å². The Morgan fingerprint density at radius 3 is 2.92 bits per heavy atom. The van der Waals surface area contributed by atoms with Gasteiger partial charge >= 0.3 is 5.97 Å². The number of nitrogens with one attached hydrogen (secondary N) is 1. The van der Waals surface area contributed by atoms with Crippen LogP contribution >= 0.6 is 0 Å². The molecule has 7 heteroatoms. The van der Waals surface area contributed by atoms with Crippen LogP contribution in [-0.4, -0.2) is 36.3 Å². The lowest BCUT2D eigenvalue weighted by Gasteiger charge is -2.03. The molecule has 0 aliphatic carbocycles. The predicted octanol–water partition coefficient (Wildman–Crippen LogP) is 2.83. The second-order valence-corrected chi connectivity index (χ2v) is 5.73. The molecule has 0 fully saturated rings. The molecule has 0 spiro atoms. The van der Waals surface area contributed by atoms with Crippen molar-refractivity contribution in [1.82, 2.24) is 25.2 Å². The molecule has 2 aromatic carbocycles. The molecule has 0 atom stereocenters. The molecule has 0 radical (unpaired) electrons. The summed E-state index contributed by atoms with van der Waals surface area (Å²) < 4.78 is 1.67. The minimum atomic E-state index is -0.807. The SMILES string of the molecule is O=C(O)CCc1cccc(-n2cc(-c3n[nH]c4ccccc34)nn2)c1. The number of hydrogen-bond acceptors (Lipinski definition) is 4. The first-order valence-corrected chi connectivity index (χ1v) is 7.87. The lowest BCUT2D eigenvalue weighted by molar-refractivity contribution is -0.136. The Morgan fingerprint density at radius 1 is 1.16 bits per heavy atom.